The Morgan fingerprint density at radius 2 is 1.97 bits per heavy atom. The van der Waals surface area contributed by atoms with E-state index in [9.17, 15) is 22.4 Å². The van der Waals surface area contributed by atoms with Gasteiger partial charge in [0, 0.05) is 25.4 Å². The van der Waals surface area contributed by atoms with Crippen LogP contribution in [0, 0.1) is 0 Å². The van der Waals surface area contributed by atoms with Gasteiger partial charge in [-0.25, -0.2) is 22.3 Å². The van der Waals surface area contributed by atoms with Gasteiger partial charge >= 0.3 is 5.69 Å². The van der Waals surface area contributed by atoms with Crippen LogP contribution in [0.5, 0.6) is 0 Å². The van der Waals surface area contributed by atoms with Crippen LogP contribution in [0.15, 0.2) is 56.7 Å². The minimum Gasteiger partial charge on any atom is -0.289 e. The van der Waals surface area contributed by atoms with Crippen LogP contribution in [-0.4, -0.2) is 39.5 Å². The Bertz CT molecular complexity index is 1470. The number of nitrogens with one attached hydrogen (secondary N) is 1. The molecule has 0 unspecified atom stereocenters. The molecule has 0 atom stereocenters. The molecule has 2 aromatic heterocycles. The quantitative estimate of drug-likeness (QED) is 0.499. The molecule has 1 fully saturated rings. The Kier molecular flexibility index (Phi) is 5.87. The predicted octanol–water partition coefficient (Wildman–Crippen LogP) is 1.69. The van der Waals surface area contributed by atoms with Gasteiger partial charge in [-0.15, -0.1) is 0 Å². The van der Waals surface area contributed by atoms with Gasteiger partial charge in [0.15, 0.2) is 0 Å². The smallest absolute Gasteiger partial charge is 0.289 e. The molecule has 0 spiro atoms. The second kappa shape index (κ2) is 8.38. The number of allylic oxidation sites excluding steroid dienone is 2. The number of sulfonamides is 1. The van der Waals surface area contributed by atoms with Crippen molar-refractivity contribution >= 4 is 20.9 Å². The fourth-order valence-corrected chi connectivity index (χ4v) is 5.12. The molecule has 0 saturated heterocycles. The predicted molar refractivity (Wildman–Crippen MR) is 122 cm³/mol. The second-order valence-electron chi connectivity index (χ2n) is 8.79. The van der Waals surface area contributed by atoms with E-state index in [0.717, 1.165) is 10.1 Å². The van der Waals surface area contributed by atoms with Crippen molar-refractivity contribution in [2.45, 2.75) is 50.2 Å². The first-order valence-corrected chi connectivity index (χ1v) is 12.0. The molecule has 1 saturated carbocycles. The van der Waals surface area contributed by atoms with Gasteiger partial charge in [-0.3, -0.25) is 18.6 Å². The lowest BCUT2D eigenvalue weighted by Gasteiger charge is -2.16. The Hall–Kier alpha value is -3.05. The van der Waals surface area contributed by atoms with Gasteiger partial charge in [0.25, 0.3) is 5.56 Å². The van der Waals surface area contributed by atoms with Crippen molar-refractivity contribution in [3.05, 3.63) is 68.6 Å². The molecule has 33 heavy (non-hydrogen) atoms. The van der Waals surface area contributed by atoms with Crippen LogP contribution in [-0.2, 0) is 30.2 Å². The first-order valence-electron chi connectivity index (χ1n) is 10.5. The molecule has 0 radical (unpaired) electrons. The molecule has 176 valence electrons. The third-order valence-corrected chi connectivity index (χ3v) is 7.32. The maximum atomic E-state index is 13.3. The average molecular weight is 476 g/mol. The number of fused-ring (bicyclic) bond motifs is 1. The fraction of sp³-hybridized carbons (Fsp3) is 0.409. The molecule has 1 aromatic carbocycles. The Balaban J connectivity index is 1.89. The summed E-state index contributed by atoms with van der Waals surface area (Å²) < 4.78 is 45.5. The second-order valence-corrected chi connectivity index (χ2v) is 10.5. The largest absolute Gasteiger partial charge is 0.332 e. The lowest BCUT2D eigenvalue weighted by atomic mass is 10.2. The zero-order valence-corrected chi connectivity index (χ0v) is 19.5. The highest BCUT2D eigenvalue weighted by Crippen LogP contribution is 2.37. The summed E-state index contributed by atoms with van der Waals surface area (Å²) in [7, 11) is -2.31. The van der Waals surface area contributed by atoms with Crippen molar-refractivity contribution in [3.63, 3.8) is 0 Å². The normalized spacial score (nSPS) is 15.0. The number of aromatic nitrogens is 4. The third-order valence-electron chi connectivity index (χ3n) is 5.75. The van der Waals surface area contributed by atoms with Crippen LogP contribution >= 0.6 is 0 Å². The Labute approximate surface area is 190 Å². The van der Waals surface area contributed by atoms with Crippen molar-refractivity contribution in [2.24, 2.45) is 7.05 Å². The summed E-state index contributed by atoms with van der Waals surface area (Å²) in [6, 6.07) is 4.05. The summed E-state index contributed by atoms with van der Waals surface area (Å²) in [5.74, 6) is 0. The number of aryl methyl sites for hydroxylation is 1. The van der Waals surface area contributed by atoms with Crippen molar-refractivity contribution < 1.29 is 12.8 Å². The standard InChI is InChI=1S/C22H26FN5O4S/c1-15(2)6-9-27-19-5-4-17(33(31,32)25-22(14-23)7-8-22)10-18(19)20(29)28(21(27)30)13-16-11-24-26(3)12-16/h4-6,10-12,25H,7-9,13-14H2,1-3H3. The zero-order valence-electron chi connectivity index (χ0n) is 18.7. The molecule has 1 N–H and O–H groups in total. The van der Waals surface area contributed by atoms with Gasteiger partial charge < -0.3 is 0 Å². The highest BCUT2D eigenvalue weighted by atomic mass is 32.2. The van der Waals surface area contributed by atoms with Gasteiger partial charge in [-0.2, -0.15) is 5.10 Å². The van der Waals surface area contributed by atoms with Crippen molar-refractivity contribution in [2.75, 3.05) is 6.67 Å². The number of hydrogen-bond acceptors (Lipinski definition) is 5. The van der Waals surface area contributed by atoms with Gasteiger partial charge in [0.05, 0.1) is 34.1 Å². The summed E-state index contributed by atoms with van der Waals surface area (Å²) in [5, 5.41) is 4.17. The van der Waals surface area contributed by atoms with Crippen molar-refractivity contribution in [1.82, 2.24) is 23.6 Å². The maximum Gasteiger partial charge on any atom is 0.332 e. The monoisotopic (exact) mass is 475 g/mol. The first kappa shape index (κ1) is 23.1. The van der Waals surface area contributed by atoms with Crippen LogP contribution in [0.4, 0.5) is 4.39 Å². The molecule has 4 rings (SSSR count). The van der Waals surface area contributed by atoms with E-state index in [-0.39, 0.29) is 23.4 Å². The molecule has 11 heteroatoms. The number of halogens is 1. The van der Waals surface area contributed by atoms with Gasteiger partial charge in [0.1, 0.15) is 6.67 Å². The molecular weight excluding hydrogens is 449 g/mol. The van der Waals surface area contributed by atoms with Crippen LogP contribution < -0.4 is 16.0 Å². The zero-order chi connectivity index (χ0) is 24.0. The molecule has 0 aliphatic heterocycles. The van der Waals surface area contributed by atoms with Crippen LogP contribution in [0.25, 0.3) is 10.9 Å². The Morgan fingerprint density at radius 1 is 1.24 bits per heavy atom. The van der Waals surface area contributed by atoms with Crippen LogP contribution in [0.2, 0.25) is 0 Å². The third kappa shape index (κ3) is 4.55. The summed E-state index contributed by atoms with van der Waals surface area (Å²) in [5.41, 5.74) is -0.182. The van der Waals surface area contributed by atoms with E-state index in [1.807, 2.05) is 19.9 Å². The molecule has 9 nitrogen and oxygen atoms in total. The highest BCUT2D eigenvalue weighted by Gasteiger charge is 2.46. The van der Waals surface area contributed by atoms with E-state index in [4.69, 9.17) is 0 Å². The van der Waals surface area contributed by atoms with E-state index in [0.29, 0.717) is 23.9 Å². The SMILES string of the molecule is CC(C)=CCn1c(=O)n(Cc2cnn(C)c2)c(=O)c2cc(S(=O)(=O)NC3(CF)CC3)ccc21. The number of hydrogen-bond donors (Lipinski definition) is 1. The molecule has 0 amide bonds. The van der Waals surface area contributed by atoms with E-state index < -0.39 is 33.5 Å². The van der Waals surface area contributed by atoms with Gasteiger partial charge in [-0.05, 0) is 44.9 Å². The number of alkyl halides is 1. The van der Waals surface area contributed by atoms with E-state index in [1.54, 1.807) is 24.1 Å². The number of rotatable bonds is 8. The molecule has 0 bridgehead atoms. The maximum absolute atomic E-state index is 13.3. The lowest BCUT2D eigenvalue weighted by molar-refractivity contribution is 0.393. The van der Waals surface area contributed by atoms with Gasteiger partial charge in [-0.1, -0.05) is 11.6 Å². The van der Waals surface area contributed by atoms with Crippen molar-refractivity contribution in [3.8, 4) is 0 Å². The first-order chi connectivity index (χ1) is 15.5. The molecule has 2 heterocycles. The average Bonchev–Trinajstić information content (AvgIpc) is 3.41. The van der Waals surface area contributed by atoms with E-state index >= 15 is 0 Å². The van der Waals surface area contributed by atoms with E-state index in [2.05, 4.69) is 9.82 Å². The molecule has 3 aromatic rings. The summed E-state index contributed by atoms with van der Waals surface area (Å²) in [6.45, 7) is 3.22. The van der Waals surface area contributed by atoms with Crippen LogP contribution in [0.3, 0.4) is 0 Å². The fourth-order valence-electron chi connectivity index (χ4n) is 3.65. The minimum absolute atomic E-state index is 0.00351. The number of benzene rings is 1. The molecule has 1 aliphatic rings. The number of nitrogens with zero attached hydrogens (tertiary/aromatic N) is 4. The lowest BCUT2D eigenvalue weighted by Crippen LogP contribution is -2.41. The molecule has 1 aliphatic carbocycles. The summed E-state index contributed by atoms with van der Waals surface area (Å²) in [4.78, 5) is 26.4. The topological polar surface area (TPSA) is 108 Å². The van der Waals surface area contributed by atoms with Crippen LogP contribution in [0.1, 0.15) is 32.3 Å². The molecular formula is C22H26FN5O4S. The Morgan fingerprint density at radius 3 is 2.55 bits per heavy atom. The highest BCUT2D eigenvalue weighted by molar-refractivity contribution is 7.89. The van der Waals surface area contributed by atoms with Crippen molar-refractivity contribution in [1.29, 1.82) is 0 Å². The van der Waals surface area contributed by atoms with E-state index in [1.165, 1.54) is 22.8 Å². The summed E-state index contributed by atoms with van der Waals surface area (Å²) >= 11 is 0. The summed E-state index contributed by atoms with van der Waals surface area (Å²) in [6.07, 6.45) is 5.97. The minimum atomic E-state index is -4.04. The van der Waals surface area contributed by atoms with Gasteiger partial charge in [0.2, 0.25) is 10.0 Å².